The number of carbonyl (C=O) groups is 1. The van der Waals surface area contributed by atoms with Gasteiger partial charge in [0, 0.05) is 31.1 Å². The Hall–Kier alpha value is -1.46. The fourth-order valence-electron chi connectivity index (χ4n) is 1.57. The predicted molar refractivity (Wildman–Crippen MR) is 72.6 cm³/mol. The third kappa shape index (κ3) is 6.88. The summed E-state index contributed by atoms with van der Waals surface area (Å²) in [6, 6.07) is 3.52. The molecule has 5 nitrogen and oxygen atoms in total. The minimum absolute atomic E-state index is 0.0451. The van der Waals surface area contributed by atoms with Crippen LogP contribution in [0.2, 0.25) is 0 Å². The van der Waals surface area contributed by atoms with Crippen LogP contribution in [0.3, 0.4) is 0 Å². The molecule has 1 amide bonds. The summed E-state index contributed by atoms with van der Waals surface area (Å²) in [6.45, 7) is 2.94. The maximum atomic E-state index is 11.4. The van der Waals surface area contributed by atoms with E-state index in [0.717, 1.165) is 19.3 Å². The molecular formula is C14H22N2O3. The Labute approximate surface area is 114 Å². The molecule has 0 aliphatic rings. The number of rotatable bonds is 9. The number of carbonyl (C=O) groups excluding carboxylic acids is 1. The lowest BCUT2D eigenvalue weighted by atomic mass is 10.1. The molecule has 106 valence electrons. The molecule has 1 unspecified atom stereocenters. The number of aromatic nitrogens is 1. The van der Waals surface area contributed by atoms with Crippen molar-refractivity contribution in [2.75, 3.05) is 19.8 Å². The Morgan fingerprint density at radius 2 is 2.37 bits per heavy atom. The first-order valence-electron chi connectivity index (χ1n) is 6.66. The Morgan fingerprint density at radius 1 is 1.53 bits per heavy atom. The van der Waals surface area contributed by atoms with Crippen LogP contribution in [0.5, 0.6) is 0 Å². The molecule has 1 heterocycles. The summed E-state index contributed by atoms with van der Waals surface area (Å²) in [7, 11) is 0. The molecular weight excluding hydrogens is 244 g/mol. The van der Waals surface area contributed by atoms with E-state index in [-0.39, 0.29) is 19.1 Å². The summed E-state index contributed by atoms with van der Waals surface area (Å²) in [6.07, 6.45) is 5.70. The van der Waals surface area contributed by atoms with Gasteiger partial charge in [0.15, 0.2) is 0 Å². The number of ether oxygens (including phenoxy) is 1. The van der Waals surface area contributed by atoms with Gasteiger partial charge in [0.05, 0.1) is 6.10 Å². The maximum Gasteiger partial charge on any atom is 0.246 e. The van der Waals surface area contributed by atoms with Gasteiger partial charge in [0.2, 0.25) is 5.91 Å². The van der Waals surface area contributed by atoms with E-state index in [1.54, 1.807) is 24.5 Å². The van der Waals surface area contributed by atoms with Crippen LogP contribution in [-0.4, -0.2) is 35.8 Å². The summed E-state index contributed by atoms with van der Waals surface area (Å²) in [5.74, 6) is -0.209. The van der Waals surface area contributed by atoms with Gasteiger partial charge in [0.25, 0.3) is 0 Å². The number of hydrogen-bond donors (Lipinski definition) is 2. The minimum atomic E-state index is -0.738. The zero-order valence-corrected chi connectivity index (χ0v) is 11.3. The molecule has 0 radical (unpaired) electrons. The largest absolute Gasteiger partial charge is 0.387 e. The summed E-state index contributed by atoms with van der Waals surface area (Å²) in [4.78, 5) is 15.4. The van der Waals surface area contributed by atoms with E-state index >= 15 is 0 Å². The third-order valence-electron chi connectivity index (χ3n) is 2.69. The van der Waals surface area contributed by atoms with Crippen LogP contribution in [0.4, 0.5) is 0 Å². The molecule has 0 spiro atoms. The first-order chi connectivity index (χ1) is 9.24. The number of pyridine rings is 1. The van der Waals surface area contributed by atoms with Gasteiger partial charge in [-0.25, -0.2) is 0 Å². The lowest BCUT2D eigenvalue weighted by molar-refractivity contribution is -0.126. The van der Waals surface area contributed by atoms with Crippen molar-refractivity contribution < 1.29 is 14.6 Å². The fourth-order valence-corrected chi connectivity index (χ4v) is 1.57. The third-order valence-corrected chi connectivity index (χ3v) is 2.69. The second kappa shape index (κ2) is 9.47. The molecule has 1 aromatic heterocycles. The number of aliphatic hydroxyl groups is 1. The van der Waals surface area contributed by atoms with E-state index in [4.69, 9.17) is 4.74 Å². The summed E-state index contributed by atoms with van der Waals surface area (Å²) in [5, 5.41) is 12.4. The molecule has 2 N–H and O–H groups in total. The number of unbranched alkanes of at least 4 members (excludes halogenated alkanes) is 2. The van der Waals surface area contributed by atoms with E-state index < -0.39 is 6.10 Å². The van der Waals surface area contributed by atoms with Gasteiger partial charge in [-0.05, 0) is 12.5 Å². The van der Waals surface area contributed by atoms with E-state index in [1.807, 2.05) is 0 Å². The highest BCUT2D eigenvalue weighted by molar-refractivity contribution is 5.77. The molecule has 0 fully saturated rings. The molecule has 1 atom stereocenters. The van der Waals surface area contributed by atoms with Crippen molar-refractivity contribution >= 4 is 5.91 Å². The Balaban J connectivity index is 2.13. The van der Waals surface area contributed by atoms with Gasteiger partial charge < -0.3 is 15.2 Å². The van der Waals surface area contributed by atoms with Gasteiger partial charge in [-0.3, -0.25) is 9.78 Å². The second-order valence-corrected chi connectivity index (χ2v) is 4.37. The number of hydrogen-bond acceptors (Lipinski definition) is 4. The van der Waals surface area contributed by atoms with Crippen molar-refractivity contribution in [3.8, 4) is 0 Å². The van der Waals surface area contributed by atoms with E-state index in [0.29, 0.717) is 12.2 Å². The van der Waals surface area contributed by atoms with Crippen molar-refractivity contribution in [3.63, 3.8) is 0 Å². The monoisotopic (exact) mass is 266 g/mol. The van der Waals surface area contributed by atoms with Crippen LogP contribution in [0.1, 0.15) is 37.9 Å². The Bertz CT molecular complexity index is 357. The van der Waals surface area contributed by atoms with Gasteiger partial charge in [-0.1, -0.05) is 25.8 Å². The first-order valence-corrected chi connectivity index (χ1v) is 6.66. The molecule has 0 saturated heterocycles. The number of nitrogens with zero attached hydrogens (tertiary/aromatic N) is 1. The highest BCUT2D eigenvalue weighted by Gasteiger charge is 2.09. The van der Waals surface area contributed by atoms with Gasteiger partial charge in [-0.15, -0.1) is 0 Å². The van der Waals surface area contributed by atoms with Crippen molar-refractivity contribution in [3.05, 3.63) is 30.1 Å². The average Bonchev–Trinajstić information content (AvgIpc) is 2.45. The molecule has 19 heavy (non-hydrogen) atoms. The Morgan fingerprint density at radius 3 is 3.05 bits per heavy atom. The average molecular weight is 266 g/mol. The SMILES string of the molecule is CCCCCOCC(=O)NCC(O)c1cccnc1. The molecule has 1 aromatic rings. The quantitative estimate of drug-likeness (QED) is 0.663. The van der Waals surface area contributed by atoms with Crippen molar-refractivity contribution in [2.45, 2.75) is 32.3 Å². The molecule has 0 saturated carbocycles. The minimum Gasteiger partial charge on any atom is -0.387 e. The second-order valence-electron chi connectivity index (χ2n) is 4.37. The topological polar surface area (TPSA) is 71.5 Å². The zero-order valence-electron chi connectivity index (χ0n) is 11.3. The standard InChI is InChI=1S/C14H22N2O3/c1-2-3-4-8-19-11-14(18)16-10-13(17)12-6-5-7-15-9-12/h5-7,9,13,17H,2-4,8,10-11H2,1H3,(H,16,18). The fraction of sp³-hybridized carbons (Fsp3) is 0.571. The molecule has 5 heteroatoms. The molecule has 0 aliphatic carbocycles. The number of amides is 1. The van der Waals surface area contributed by atoms with Crippen LogP contribution < -0.4 is 5.32 Å². The molecule has 0 aliphatic heterocycles. The van der Waals surface area contributed by atoms with E-state index in [2.05, 4.69) is 17.2 Å². The maximum absolute atomic E-state index is 11.4. The Kier molecular flexibility index (Phi) is 7.77. The highest BCUT2D eigenvalue weighted by Crippen LogP contribution is 2.08. The summed E-state index contributed by atoms with van der Waals surface area (Å²) >= 11 is 0. The van der Waals surface area contributed by atoms with Crippen LogP contribution in [0, 0.1) is 0 Å². The molecule has 0 bridgehead atoms. The van der Waals surface area contributed by atoms with Crippen molar-refractivity contribution in [1.82, 2.24) is 10.3 Å². The van der Waals surface area contributed by atoms with Gasteiger partial charge in [0.1, 0.15) is 6.61 Å². The van der Waals surface area contributed by atoms with Crippen LogP contribution in [0.15, 0.2) is 24.5 Å². The highest BCUT2D eigenvalue weighted by atomic mass is 16.5. The molecule has 0 aromatic carbocycles. The number of aliphatic hydroxyl groups excluding tert-OH is 1. The molecule has 1 rings (SSSR count). The van der Waals surface area contributed by atoms with Crippen LogP contribution >= 0.6 is 0 Å². The van der Waals surface area contributed by atoms with Gasteiger partial charge >= 0.3 is 0 Å². The normalized spacial score (nSPS) is 12.1. The lowest BCUT2D eigenvalue weighted by Gasteiger charge is -2.11. The number of nitrogens with one attached hydrogen (secondary N) is 1. The summed E-state index contributed by atoms with van der Waals surface area (Å²) < 4.78 is 5.23. The van der Waals surface area contributed by atoms with Crippen LogP contribution in [0.25, 0.3) is 0 Å². The lowest BCUT2D eigenvalue weighted by Crippen LogP contribution is -2.31. The van der Waals surface area contributed by atoms with Crippen molar-refractivity contribution in [1.29, 1.82) is 0 Å². The summed E-state index contributed by atoms with van der Waals surface area (Å²) in [5.41, 5.74) is 0.687. The zero-order chi connectivity index (χ0) is 13.9. The first kappa shape index (κ1) is 15.6. The van der Waals surface area contributed by atoms with Crippen LogP contribution in [-0.2, 0) is 9.53 Å². The predicted octanol–water partition coefficient (Wildman–Crippen LogP) is 1.44. The van der Waals surface area contributed by atoms with Gasteiger partial charge in [-0.2, -0.15) is 0 Å². The van der Waals surface area contributed by atoms with E-state index in [1.165, 1.54) is 0 Å². The van der Waals surface area contributed by atoms with E-state index in [9.17, 15) is 9.90 Å². The smallest absolute Gasteiger partial charge is 0.246 e. The van der Waals surface area contributed by atoms with Crippen molar-refractivity contribution in [2.24, 2.45) is 0 Å².